The van der Waals surface area contributed by atoms with Gasteiger partial charge in [0.2, 0.25) is 0 Å². The van der Waals surface area contributed by atoms with Gasteiger partial charge < -0.3 is 5.32 Å². The predicted molar refractivity (Wildman–Crippen MR) is 79.6 cm³/mol. The molecule has 0 aromatic heterocycles. The van der Waals surface area contributed by atoms with E-state index in [1.807, 2.05) is 24.3 Å². The Balaban J connectivity index is 2.17. The smallest absolute Gasteiger partial charge is 0.269 e. The number of non-ortho nitro benzene ring substituents is 1. The van der Waals surface area contributed by atoms with E-state index in [2.05, 4.69) is 21.2 Å². The van der Waals surface area contributed by atoms with E-state index in [9.17, 15) is 10.1 Å². The molecule has 0 bridgehead atoms. The van der Waals surface area contributed by atoms with Gasteiger partial charge in [-0.2, -0.15) is 0 Å². The van der Waals surface area contributed by atoms with Crippen LogP contribution in [0.3, 0.4) is 0 Å². The highest BCUT2D eigenvalue weighted by Crippen LogP contribution is 2.25. The van der Waals surface area contributed by atoms with Crippen molar-refractivity contribution in [2.75, 3.05) is 5.32 Å². The molecule has 6 heteroatoms. The number of rotatable bonds is 4. The third-order valence-electron chi connectivity index (χ3n) is 2.58. The molecule has 2 aromatic rings. The maximum atomic E-state index is 10.7. The van der Waals surface area contributed by atoms with Gasteiger partial charge in [-0.3, -0.25) is 10.1 Å². The van der Waals surface area contributed by atoms with E-state index in [0.717, 1.165) is 10.2 Å². The molecular weight excluding hydrogens is 332 g/mol. The zero-order chi connectivity index (χ0) is 13.8. The summed E-state index contributed by atoms with van der Waals surface area (Å²) >= 11 is 9.45. The van der Waals surface area contributed by atoms with Crippen LogP contribution in [0, 0.1) is 10.1 Å². The number of benzene rings is 2. The number of hydrogen-bond acceptors (Lipinski definition) is 3. The van der Waals surface area contributed by atoms with E-state index in [1.54, 1.807) is 0 Å². The standard InChI is InChI=1S/C13H10BrClN2O2/c14-11-3-1-2-4-13(11)16-8-9-7-10(17(18)19)5-6-12(9)15/h1-7,16H,8H2. The van der Waals surface area contributed by atoms with Crippen LogP contribution in [0.4, 0.5) is 11.4 Å². The lowest BCUT2D eigenvalue weighted by Crippen LogP contribution is -2.01. The van der Waals surface area contributed by atoms with Crippen LogP contribution in [0.15, 0.2) is 46.9 Å². The number of nitro benzene ring substituents is 1. The molecule has 0 aliphatic rings. The fraction of sp³-hybridized carbons (Fsp3) is 0.0769. The van der Waals surface area contributed by atoms with E-state index in [1.165, 1.54) is 18.2 Å². The van der Waals surface area contributed by atoms with Crippen molar-refractivity contribution in [2.45, 2.75) is 6.54 Å². The molecule has 2 aromatic carbocycles. The van der Waals surface area contributed by atoms with E-state index in [0.29, 0.717) is 17.1 Å². The van der Waals surface area contributed by atoms with Gasteiger partial charge in [-0.15, -0.1) is 0 Å². The molecule has 0 aliphatic carbocycles. The fourth-order valence-corrected chi connectivity index (χ4v) is 2.21. The number of halogens is 2. The van der Waals surface area contributed by atoms with Crippen molar-refractivity contribution in [1.82, 2.24) is 0 Å². The molecule has 0 fully saturated rings. The molecule has 4 nitrogen and oxygen atoms in total. The summed E-state index contributed by atoms with van der Waals surface area (Å²) < 4.78 is 0.927. The first-order valence-electron chi connectivity index (χ1n) is 5.49. The highest BCUT2D eigenvalue weighted by atomic mass is 79.9. The van der Waals surface area contributed by atoms with Crippen LogP contribution < -0.4 is 5.32 Å². The Morgan fingerprint density at radius 3 is 2.68 bits per heavy atom. The molecule has 19 heavy (non-hydrogen) atoms. The average Bonchev–Trinajstić information content (AvgIpc) is 2.39. The van der Waals surface area contributed by atoms with E-state index in [-0.39, 0.29) is 5.69 Å². The molecule has 0 atom stereocenters. The zero-order valence-electron chi connectivity index (χ0n) is 9.77. The SMILES string of the molecule is O=[N+]([O-])c1ccc(Cl)c(CNc2ccccc2Br)c1. The summed E-state index contributed by atoms with van der Waals surface area (Å²) in [5, 5.41) is 14.4. The third-order valence-corrected chi connectivity index (χ3v) is 3.64. The fourth-order valence-electron chi connectivity index (χ4n) is 1.61. The summed E-state index contributed by atoms with van der Waals surface area (Å²) in [5.74, 6) is 0. The van der Waals surface area contributed by atoms with Crippen molar-refractivity contribution in [1.29, 1.82) is 0 Å². The Kier molecular flexibility index (Phi) is 4.39. The average molecular weight is 342 g/mol. The van der Waals surface area contributed by atoms with Gasteiger partial charge in [0.1, 0.15) is 0 Å². The number of anilines is 1. The summed E-state index contributed by atoms with van der Waals surface area (Å²) in [6.07, 6.45) is 0. The van der Waals surface area contributed by atoms with Crippen molar-refractivity contribution in [3.05, 3.63) is 67.6 Å². The van der Waals surface area contributed by atoms with Crippen LogP contribution in [-0.2, 0) is 6.54 Å². The van der Waals surface area contributed by atoms with Crippen LogP contribution >= 0.6 is 27.5 Å². The highest BCUT2D eigenvalue weighted by molar-refractivity contribution is 9.10. The van der Waals surface area contributed by atoms with Gasteiger partial charge in [0, 0.05) is 33.9 Å². The van der Waals surface area contributed by atoms with Gasteiger partial charge >= 0.3 is 0 Å². The molecule has 98 valence electrons. The van der Waals surface area contributed by atoms with Gasteiger partial charge in [-0.05, 0) is 39.7 Å². The summed E-state index contributed by atoms with van der Waals surface area (Å²) in [4.78, 5) is 10.3. The van der Waals surface area contributed by atoms with Crippen LogP contribution in [-0.4, -0.2) is 4.92 Å². The van der Waals surface area contributed by atoms with Crippen LogP contribution in [0.2, 0.25) is 5.02 Å². The quantitative estimate of drug-likeness (QED) is 0.652. The Labute approximate surface area is 123 Å². The van der Waals surface area contributed by atoms with Crippen molar-refractivity contribution in [2.24, 2.45) is 0 Å². The van der Waals surface area contributed by atoms with E-state index in [4.69, 9.17) is 11.6 Å². The van der Waals surface area contributed by atoms with Crippen molar-refractivity contribution in [3.63, 3.8) is 0 Å². The Bertz CT molecular complexity index is 619. The molecule has 0 saturated carbocycles. The van der Waals surface area contributed by atoms with Gasteiger partial charge in [-0.1, -0.05) is 23.7 Å². The minimum Gasteiger partial charge on any atom is -0.380 e. The molecule has 0 aliphatic heterocycles. The lowest BCUT2D eigenvalue weighted by Gasteiger charge is -2.09. The molecule has 0 spiro atoms. The third kappa shape index (κ3) is 3.45. The first kappa shape index (κ1) is 13.8. The number of nitrogens with zero attached hydrogens (tertiary/aromatic N) is 1. The number of hydrogen-bond donors (Lipinski definition) is 1. The lowest BCUT2D eigenvalue weighted by molar-refractivity contribution is -0.384. The first-order valence-corrected chi connectivity index (χ1v) is 6.66. The van der Waals surface area contributed by atoms with Gasteiger partial charge in [0.25, 0.3) is 5.69 Å². The second kappa shape index (κ2) is 6.04. The zero-order valence-corrected chi connectivity index (χ0v) is 12.1. The monoisotopic (exact) mass is 340 g/mol. The van der Waals surface area contributed by atoms with Crippen molar-refractivity contribution in [3.8, 4) is 0 Å². The normalized spacial score (nSPS) is 10.2. The molecule has 2 rings (SSSR count). The number of para-hydroxylation sites is 1. The molecule has 0 heterocycles. The topological polar surface area (TPSA) is 55.2 Å². The molecule has 0 radical (unpaired) electrons. The Hall–Kier alpha value is -1.59. The van der Waals surface area contributed by atoms with E-state index < -0.39 is 4.92 Å². The summed E-state index contributed by atoms with van der Waals surface area (Å²) in [6, 6.07) is 12.1. The number of nitrogens with one attached hydrogen (secondary N) is 1. The predicted octanol–water partition coefficient (Wildman–Crippen LogP) is 4.62. The highest BCUT2D eigenvalue weighted by Gasteiger charge is 2.09. The lowest BCUT2D eigenvalue weighted by atomic mass is 10.2. The van der Waals surface area contributed by atoms with Gasteiger partial charge in [-0.25, -0.2) is 0 Å². The maximum Gasteiger partial charge on any atom is 0.269 e. The molecule has 0 unspecified atom stereocenters. The molecule has 0 saturated heterocycles. The second-order valence-electron chi connectivity index (χ2n) is 3.87. The summed E-state index contributed by atoms with van der Waals surface area (Å²) in [6.45, 7) is 0.420. The summed E-state index contributed by atoms with van der Waals surface area (Å²) in [5.41, 5.74) is 1.63. The van der Waals surface area contributed by atoms with E-state index >= 15 is 0 Å². The van der Waals surface area contributed by atoms with Crippen LogP contribution in [0.5, 0.6) is 0 Å². The Morgan fingerprint density at radius 1 is 1.26 bits per heavy atom. The maximum absolute atomic E-state index is 10.7. The number of nitro groups is 1. The van der Waals surface area contributed by atoms with Crippen molar-refractivity contribution < 1.29 is 4.92 Å². The minimum atomic E-state index is -0.432. The van der Waals surface area contributed by atoms with Crippen LogP contribution in [0.25, 0.3) is 0 Å². The van der Waals surface area contributed by atoms with Crippen LogP contribution in [0.1, 0.15) is 5.56 Å². The van der Waals surface area contributed by atoms with Gasteiger partial charge in [0.05, 0.1) is 4.92 Å². The first-order chi connectivity index (χ1) is 9.08. The second-order valence-corrected chi connectivity index (χ2v) is 5.13. The molecular formula is C13H10BrClN2O2. The van der Waals surface area contributed by atoms with Gasteiger partial charge in [0.15, 0.2) is 0 Å². The van der Waals surface area contributed by atoms with Crippen molar-refractivity contribution >= 4 is 38.9 Å². The largest absolute Gasteiger partial charge is 0.380 e. The Morgan fingerprint density at radius 2 is 2.00 bits per heavy atom. The minimum absolute atomic E-state index is 0.0355. The molecule has 0 amide bonds. The summed E-state index contributed by atoms with van der Waals surface area (Å²) in [7, 11) is 0. The molecule has 1 N–H and O–H groups in total.